The van der Waals surface area contributed by atoms with Gasteiger partial charge in [-0.1, -0.05) is 159 Å². The quantitative estimate of drug-likeness (QED) is 0.162. The number of nitrogens with zero attached hydrogens (tertiary/aromatic N) is 6. The molecule has 60 heavy (non-hydrogen) atoms. The lowest BCUT2D eigenvalue weighted by Crippen LogP contribution is -2.07. The van der Waals surface area contributed by atoms with Crippen molar-refractivity contribution in [2.45, 2.75) is 19.8 Å². The van der Waals surface area contributed by atoms with Crippen molar-refractivity contribution in [1.29, 1.82) is 0 Å². The van der Waals surface area contributed by atoms with E-state index in [1.54, 1.807) is 0 Å². The highest BCUT2D eigenvalue weighted by atomic mass is 15.2. The summed E-state index contributed by atoms with van der Waals surface area (Å²) in [5.74, 6) is 1.83. The molecule has 0 bridgehead atoms. The van der Waals surface area contributed by atoms with Gasteiger partial charge in [-0.25, -0.2) is 4.98 Å². The van der Waals surface area contributed by atoms with Crippen LogP contribution in [0.15, 0.2) is 188 Å². The van der Waals surface area contributed by atoms with Gasteiger partial charge in [0.15, 0.2) is 11.6 Å². The van der Waals surface area contributed by atoms with Crippen molar-refractivity contribution in [1.82, 2.24) is 28.7 Å². The Kier molecular flexibility index (Phi) is 7.78. The van der Waals surface area contributed by atoms with Crippen molar-refractivity contribution < 1.29 is 0 Å². The molecular weight excluding hydrogens is 733 g/mol. The average molecular weight is 771 g/mol. The number of hydrogen-bond acceptors (Lipinski definition) is 3. The Morgan fingerprint density at radius 2 is 0.833 bits per heavy atom. The standard InChI is InChI=1S/C54H38N6/c1-2-16-35-29-30-43-45-32-31-44-42-25-11-14-28-48(42)60(54-56-52(36-17-5-3-6-18-36)55-53(57-54)37-19-7-4-8-20-37)51(44)50(45)59(49(43)33-35)39-22-15-21-38(34-39)58-46-26-12-9-23-40(46)41-24-10-13-27-47(41)58/h3-15,17-34H,2,16H2,1H3. The first kappa shape index (κ1) is 34.2. The average Bonchev–Trinajstić information content (AvgIpc) is 3.95. The van der Waals surface area contributed by atoms with E-state index in [9.17, 15) is 0 Å². The lowest BCUT2D eigenvalue weighted by molar-refractivity contribution is 0.922. The zero-order valence-electron chi connectivity index (χ0n) is 33.0. The number of benzene rings is 8. The lowest BCUT2D eigenvalue weighted by atomic mass is 10.1. The van der Waals surface area contributed by atoms with Crippen molar-refractivity contribution in [2.24, 2.45) is 0 Å². The second-order valence-electron chi connectivity index (χ2n) is 15.6. The van der Waals surface area contributed by atoms with Gasteiger partial charge in [0.25, 0.3) is 0 Å². The molecule has 0 radical (unpaired) electrons. The fourth-order valence-corrected chi connectivity index (χ4v) is 9.38. The predicted molar refractivity (Wildman–Crippen MR) is 248 cm³/mol. The number of aromatic nitrogens is 6. The topological polar surface area (TPSA) is 53.5 Å². The van der Waals surface area contributed by atoms with Gasteiger partial charge in [0.05, 0.1) is 33.1 Å². The summed E-state index contributed by atoms with van der Waals surface area (Å²) < 4.78 is 7.15. The van der Waals surface area contributed by atoms with Gasteiger partial charge in [-0.15, -0.1) is 0 Å². The predicted octanol–water partition coefficient (Wildman–Crippen LogP) is 13.4. The van der Waals surface area contributed by atoms with Crippen molar-refractivity contribution in [3.63, 3.8) is 0 Å². The van der Waals surface area contributed by atoms with Crippen LogP contribution in [0.4, 0.5) is 0 Å². The maximum atomic E-state index is 5.31. The molecule has 12 aromatic rings. The Hall–Kier alpha value is -7.83. The van der Waals surface area contributed by atoms with Crippen molar-refractivity contribution in [2.75, 3.05) is 0 Å². The van der Waals surface area contributed by atoms with Crippen LogP contribution in [-0.4, -0.2) is 28.7 Å². The van der Waals surface area contributed by atoms with Gasteiger partial charge in [0.2, 0.25) is 5.95 Å². The summed E-state index contributed by atoms with van der Waals surface area (Å²) in [5.41, 5.74) is 12.1. The summed E-state index contributed by atoms with van der Waals surface area (Å²) in [4.78, 5) is 15.7. The summed E-state index contributed by atoms with van der Waals surface area (Å²) in [6.45, 7) is 2.25. The molecule has 0 aliphatic rings. The molecule has 0 spiro atoms. The summed E-state index contributed by atoms with van der Waals surface area (Å²) in [6.07, 6.45) is 2.07. The van der Waals surface area contributed by atoms with Gasteiger partial charge < -0.3 is 9.13 Å². The van der Waals surface area contributed by atoms with E-state index in [1.807, 2.05) is 36.4 Å². The van der Waals surface area contributed by atoms with Crippen LogP contribution in [0.3, 0.4) is 0 Å². The molecule has 0 N–H and O–H groups in total. The summed E-state index contributed by atoms with van der Waals surface area (Å²) in [7, 11) is 0. The Bertz CT molecular complexity index is 3500. The molecule has 4 aromatic heterocycles. The van der Waals surface area contributed by atoms with E-state index in [1.165, 1.54) is 43.7 Å². The van der Waals surface area contributed by atoms with E-state index in [4.69, 9.17) is 15.0 Å². The maximum absolute atomic E-state index is 5.31. The van der Waals surface area contributed by atoms with Crippen LogP contribution in [0.25, 0.3) is 106 Å². The second kappa shape index (κ2) is 13.6. The van der Waals surface area contributed by atoms with Gasteiger partial charge in [0, 0.05) is 54.8 Å². The van der Waals surface area contributed by atoms with Crippen LogP contribution >= 0.6 is 0 Å². The molecule has 284 valence electrons. The zero-order valence-corrected chi connectivity index (χ0v) is 33.0. The van der Waals surface area contributed by atoms with Crippen LogP contribution in [0.1, 0.15) is 18.9 Å². The molecule has 4 heterocycles. The van der Waals surface area contributed by atoms with Gasteiger partial charge in [0.1, 0.15) is 0 Å². The van der Waals surface area contributed by atoms with E-state index in [0.29, 0.717) is 17.6 Å². The zero-order chi connectivity index (χ0) is 39.7. The summed E-state index contributed by atoms with van der Waals surface area (Å²) in [5, 5.41) is 7.14. The first-order valence-corrected chi connectivity index (χ1v) is 20.7. The minimum absolute atomic E-state index is 0.573. The van der Waals surface area contributed by atoms with Crippen LogP contribution in [0.2, 0.25) is 0 Å². The summed E-state index contributed by atoms with van der Waals surface area (Å²) >= 11 is 0. The minimum Gasteiger partial charge on any atom is -0.309 e. The lowest BCUT2D eigenvalue weighted by Gasteiger charge is -2.15. The number of hydrogen-bond donors (Lipinski definition) is 0. The fourth-order valence-electron chi connectivity index (χ4n) is 9.38. The number of fused-ring (bicyclic) bond motifs is 10. The van der Waals surface area contributed by atoms with Crippen LogP contribution < -0.4 is 0 Å². The molecule has 6 heteroatoms. The highest BCUT2D eigenvalue weighted by molar-refractivity contribution is 6.23. The molecule has 0 unspecified atom stereocenters. The van der Waals surface area contributed by atoms with Gasteiger partial charge >= 0.3 is 0 Å². The molecule has 0 aliphatic carbocycles. The Labute approximate surface area is 346 Å². The van der Waals surface area contributed by atoms with Crippen molar-refractivity contribution >= 4 is 65.4 Å². The Morgan fingerprint density at radius 1 is 0.367 bits per heavy atom. The molecule has 0 fully saturated rings. The van der Waals surface area contributed by atoms with Crippen LogP contribution in [0.5, 0.6) is 0 Å². The molecule has 8 aromatic carbocycles. The highest BCUT2D eigenvalue weighted by Gasteiger charge is 2.24. The number of rotatable bonds is 7. The number of aryl methyl sites for hydroxylation is 1. The third-order valence-electron chi connectivity index (χ3n) is 12.0. The molecule has 0 saturated heterocycles. The van der Waals surface area contributed by atoms with Crippen LogP contribution in [0, 0.1) is 0 Å². The molecule has 0 atom stereocenters. The maximum Gasteiger partial charge on any atom is 0.238 e. The number of para-hydroxylation sites is 3. The monoisotopic (exact) mass is 770 g/mol. The van der Waals surface area contributed by atoms with E-state index < -0.39 is 0 Å². The highest BCUT2D eigenvalue weighted by Crippen LogP contribution is 2.42. The third kappa shape index (κ3) is 5.24. The fraction of sp³-hybridized carbons (Fsp3) is 0.0556. The van der Waals surface area contributed by atoms with E-state index >= 15 is 0 Å². The normalized spacial score (nSPS) is 11.9. The first-order chi connectivity index (χ1) is 29.7. The molecule has 12 rings (SSSR count). The Morgan fingerprint density at radius 3 is 1.42 bits per heavy atom. The molecule has 0 amide bonds. The SMILES string of the molecule is CCCc1ccc2c3ccc4c5ccccc5n(-c5nc(-c6ccccc6)nc(-c6ccccc6)n5)c4c3n(-c3cccc(-n4c5ccccc5c5ccccc54)c3)c2c1. The molecule has 6 nitrogen and oxygen atoms in total. The van der Waals surface area contributed by atoms with Crippen molar-refractivity contribution in [3.8, 4) is 40.1 Å². The van der Waals surface area contributed by atoms with E-state index in [0.717, 1.165) is 62.7 Å². The first-order valence-electron chi connectivity index (χ1n) is 20.7. The van der Waals surface area contributed by atoms with E-state index in [2.05, 4.69) is 172 Å². The van der Waals surface area contributed by atoms with Gasteiger partial charge in [-0.2, -0.15) is 9.97 Å². The van der Waals surface area contributed by atoms with Gasteiger partial charge in [-0.3, -0.25) is 4.57 Å². The smallest absolute Gasteiger partial charge is 0.238 e. The molecule has 0 aliphatic heterocycles. The largest absolute Gasteiger partial charge is 0.309 e. The Balaban J connectivity index is 1.21. The summed E-state index contributed by atoms with van der Waals surface area (Å²) in [6, 6.07) is 67.1. The van der Waals surface area contributed by atoms with E-state index in [-0.39, 0.29) is 0 Å². The van der Waals surface area contributed by atoms with Crippen LogP contribution in [-0.2, 0) is 6.42 Å². The molecular formula is C54H38N6. The van der Waals surface area contributed by atoms with Crippen molar-refractivity contribution in [3.05, 3.63) is 194 Å². The van der Waals surface area contributed by atoms with Gasteiger partial charge in [-0.05, 0) is 54.4 Å². The minimum atomic E-state index is 0.573. The second-order valence-corrected chi connectivity index (χ2v) is 15.6. The molecule has 0 saturated carbocycles. The third-order valence-corrected chi connectivity index (χ3v) is 12.0.